The van der Waals surface area contributed by atoms with E-state index in [2.05, 4.69) is 20.2 Å². The molecule has 30 heavy (non-hydrogen) atoms. The minimum atomic E-state index is -0.311. The van der Waals surface area contributed by atoms with Crippen molar-refractivity contribution < 1.29 is 9.18 Å². The maximum absolute atomic E-state index is 13.4. The number of pyridine rings is 1. The molecule has 3 aromatic rings. The highest BCUT2D eigenvalue weighted by atomic mass is 35.5. The first-order chi connectivity index (χ1) is 14.5. The number of benzene rings is 1. The summed E-state index contributed by atoms with van der Waals surface area (Å²) >= 11 is 6.41. The minimum absolute atomic E-state index is 0.00786. The lowest BCUT2D eigenvalue weighted by Crippen LogP contribution is -2.44. The number of carbonyl (C=O) groups excluding carboxylic acids is 1. The molecule has 0 bridgehead atoms. The average molecular weight is 426 g/mol. The highest BCUT2D eigenvalue weighted by Crippen LogP contribution is 2.34. The van der Waals surface area contributed by atoms with Gasteiger partial charge in [0.05, 0.1) is 16.9 Å². The Balaban J connectivity index is 1.69. The summed E-state index contributed by atoms with van der Waals surface area (Å²) < 4.78 is 13.4. The number of aromatic nitrogens is 3. The van der Waals surface area contributed by atoms with Gasteiger partial charge in [0.2, 0.25) is 5.91 Å². The van der Waals surface area contributed by atoms with Crippen molar-refractivity contribution in [2.45, 2.75) is 25.8 Å². The third-order valence-electron chi connectivity index (χ3n) is 5.13. The first kappa shape index (κ1) is 20.2. The Morgan fingerprint density at radius 3 is 2.53 bits per heavy atom. The SMILES string of the molecule is CC(=O)NC1CCN(c2cnc(-c3ccc(F)cc3)c(-c3ccncc3Cl)n2)CC1. The molecule has 0 saturated carbocycles. The zero-order chi connectivity index (χ0) is 21.1. The molecule has 4 rings (SSSR count). The summed E-state index contributed by atoms with van der Waals surface area (Å²) in [6, 6.07) is 8.13. The van der Waals surface area contributed by atoms with Crippen LogP contribution in [-0.4, -0.2) is 40.0 Å². The van der Waals surface area contributed by atoms with Crippen LogP contribution in [0.3, 0.4) is 0 Å². The fraction of sp³-hybridized carbons (Fsp3) is 0.273. The molecule has 1 amide bonds. The molecule has 8 heteroatoms. The highest BCUT2D eigenvalue weighted by molar-refractivity contribution is 6.33. The van der Waals surface area contributed by atoms with Crippen LogP contribution in [0.2, 0.25) is 5.02 Å². The van der Waals surface area contributed by atoms with Crippen molar-refractivity contribution in [2.24, 2.45) is 0 Å². The van der Waals surface area contributed by atoms with Gasteiger partial charge in [-0.25, -0.2) is 9.37 Å². The zero-order valence-corrected chi connectivity index (χ0v) is 17.2. The van der Waals surface area contributed by atoms with Crippen molar-refractivity contribution in [3.05, 3.63) is 59.8 Å². The summed E-state index contributed by atoms with van der Waals surface area (Å²) in [5.74, 6) is 0.422. The lowest BCUT2D eigenvalue weighted by Gasteiger charge is -2.33. The van der Waals surface area contributed by atoms with Crippen molar-refractivity contribution in [2.75, 3.05) is 18.0 Å². The number of hydrogen-bond donors (Lipinski definition) is 1. The van der Waals surface area contributed by atoms with Crippen LogP contribution in [0.25, 0.3) is 22.5 Å². The molecule has 0 unspecified atom stereocenters. The third kappa shape index (κ3) is 4.41. The Morgan fingerprint density at radius 2 is 1.87 bits per heavy atom. The minimum Gasteiger partial charge on any atom is -0.355 e. The van der Waals surface area contributed by atoms with Gasteiger partial charge < -0.3 is 10.2 Å². The van der Waals surface area contributed by atoms with Crippen LogP contribution in [-0.2, 0) is 4.79 Å². The summed E-state index contributed by atoms with van der Waals surface area (Å²) in [5, 5.41) is 3.45. The molecule has 0 spiro atoms. The second kappa shape index (κ2) is 8.75. The Bertz CT molecular complexity index is 1050. The third-order valence-corrected chi connectivity index (χ3v) is 5.43. The number of rotatable bonds is 4. The van der Waals surface area contributed by atoms with E-state index in [4.69, 9.17) is 16.6 Å². The molecule has 1 N–H and O–H groups in total. The predicted octanol–water partition coefficient (Wildman–Crippen LogP) is 4.10. The Labute approximate surface area is 179 Å². The van der Waals surface area contributed by atoms with Gasteiger partial charge in [-0.15, -0.1) is 0 Å². The Hall–Kier alpha value is -3.06. The number of nitrogens with zero attached hydrogens (tertiary/aromatic N) is 4. The van der Waals surface area contributed by atoms with Crippen LogP contribution in [0, 0.1) is 5.82 Å². The number of nitrogens with one attached hydrogen (secondary N) is 1. The van der Waals surface area contributed by atoms with Gasteiger partial charge in [-0.05, 0) is 43.2 Å². The van der Waals surface area contributed by atoms with Gasteiger partial charge in [0.15, 0.2) is 0 Å². The molecule has 0 radical (unpaired) electrons. The van der Waals surface area contributed by atoms with Gasteiger partial charge in [0, 0.05) is 49.6 Å². The molecule has 6 nitrogen and oxygen atoms in total. The molecule has 3 heterocycles. The molecule has 2 aromatic heterocycles. The Kier molecular flexibility index (Phi) is 5.90. The van der Waals surface area contributed by atoms with Crippen LogP contribution >= 0.6 is 11.6 Å². The van der Waals surface area contributed by atoms with Crippen LogP contribution in [0.5, 0.6) is 0 Å². The topological polar surface area (TPSA) is 71.0 Å². The van der Waals surface area contributed by atoms with Gasteiger partial charge in [0.25, 0.3) is 0 Å². The standard InChI is InChI=1S/C22H21ClFN5O/c1-14(30)27-17-7-10-29(11-8-17)20-13-26-21(15-2-4-16(24)5-3-15)22(28-20)18-6-9-25-12-19(18)23/h2-6,9,12-13,17H,7-8,10-11H2,1H3,(H,27,30). The summed E-state index contributed by atoms with van der Waals surface area (Å²) in [5.41, 5.74) is 2.71. The first-order valence-corrected chi connectivity index (χ1v) is 10.1. The zero-order valence-electron chi connectivity index (χ0n) is 16.5. The van der Waals surface area contributed by atoms with Crippen LogP contribution in [0.4, 0.5) is 10.2 Å². The van der Waals surface area contributed by atoms with Gasteiger partial charge in [-0.1, -0.05) is 11.6 Å². The smallest absolute Gasteiger partial charge is 0.217 e. The van der Waals surface area contributed by atoms with Gasteiger partial charge >= 0.3 is 0 Å². The van der Waals surface area contributed by atoms with Crippen molar-refractivity contribution in [3.8, 4) is 22.5 Å². The van der Waals surface area contributed by atoms with E-state index in [1.54, 1.807) is 36.8 Å². The quantitative estimate of drug-likeness (QED) is 0.681. The van der Waals surface area contributed by atoms with E-state index >= 15 is 0 Å². The van der Waals surface area contributed by atoms with E-state index in [-0.39, 0.29) is 17.8 Å². The molecule has 0 aliphatic carbocycles. The van der Waals surface area contributed by atoms with E-state index in [9.17, 15) is 9.18 Å². The maximum Gasteiger partial charge on any atom is 0.217 e. The van der Waals surface area contributed by atoms with E-state index in [1.807, 2.05) is 0 Å². The van der Waals surface area contributed by atoms with Crippen molar-refractivity contribution >= 4 is 23.3 Å². The summed E-state index contributed by atoms with van der Waals surface area (Å²) in [4.78, 5) is 27.1. The summed E-state index contributed by atoms with van der Waals surface area (Å²) in [6.07, 6.45) is 6.64. The second-order valence-electron chi connectivity index (χ2n) is 7.25. The largest absolute Gasteiger partial charge is 0.355 e. The Morgan fingerprint density at radius 1 is 1.13 bits per heavy atom. The molecule has 1 saturated heterocycles. The summed E-state index contributed by atoms with van der Waals surface area (Å²) in [7, 11) is 0. The molecule has 154 valence electrons. The number of anilines is 1. The molecule has 1 aromatic carbocycles. The van der Waals surface area contributed by atoms with E-state index in [0.29, 0.717) is 22.0 Å². The van der Waals surface area contributed by atoms with Gasteiger partial charge in [0.1, 0.15) is 17.3 Å². The maximum atomic E-state index is 13.4. The number of carbonyl (C=O) groups is 1. The predicted molar refractivity (Wildman–Crippen MR) is 115 cm³/mol. The monoisotopic (exact) mass is 425 g/mol. The van der Waals surface area contributed by atoms with Crippen LogP contribution in [0.1, 0.15) is 19.8 Å². The van der Waals surface area contributed by atoms with E-state index in [1.165, 1.54) is 19.1 Å². The second-order valence-corrected chi connectivity index (χ2v) is 7.66. The number of amides is 1. The van der Waals surface area contributed by atoms with Crippen molar-refractivity contribution in [1.29, 1.82) is 0 Å². The van der Waals surface area contributed by atoms with Crippen LogP contribution in [0.15, 0.2) is 48.9 Å². The number of hydrogen-bond acceptors (Lipinski definition) is 5. The van der Waals surface area contributed by atoms with E-state index < -0.39 is 0 Å². The lowest BCUT2D eigenvalue weighted by molar-refractivity contribution is -0.119. The first-order valence-electron chi connectivity index (χ1n) is 9.76. The van der Waals surface area contributed by atoms with E-state index in [0.717, 1.165) is 37.3 Å². The number of halogens is 2. The molecule has 1 fully saturated rings. The molecular weight excluding hydrogens is 405 g/mol. The fourth-order valence-electron chi connectivity index (χ4n) is 3.65. The van der Waals surface area contributed by atoms with Gasteiger partial charge in [-0.2, -0.15) is 0 Å². The fourth-order valence-corrected chi connectivity index (χ4v) is 3.86. The lowest BCUT2D eigenvalue weighted by atomic mass is 10.0. The molecule has 1 aliphatic rings. The highest BCUT2D eigenvalue weighted by Gasteiger charge is 2.23. The van der Waals surface area contributed by atoms with Gasteiger partial charge in [-0.3, -0.25) is 14.8 Å². The van der Waals surface area contributed by atoms with Crippen molar-refractivity contribution in [1.82, 2.24) is 20.3 Å². The molecule has 0 atom stereocenters. The average Bonchev–Trinajstić information content (AvgIpc) is 2.75. The normalized spacial score (nSPS) is 14.6. The molecular formula is C22H21ClFN5O. The summed E-state index contributed by atoms with van der Waals surface area (Å²) in [6.45, 7) is 3.06. The number of piperidine rings is 1. The van der Waals surface area contributed by atoms with Crippen LogP contribution < -0.4 is 10.2 Å². The van der Waals surface area contributed by atoms with Crippen molar-refractivity contribution in [3.63, 3.8) is 0 Å². The molecule has 1 aliphatic heterocycles.